The summed E-state index contributed by atoms with van der Waals surface area (Å²) in [6, 6.07) is 3.97. The molecule has 17 heavy (non-hydrogen) atoms. The monoisotopic (exact) mass is 236 g/mol. The standard InChI is InChI=1S/C13H20N2O2/c1-10-5-6-12(17-10)11(2)14-9-13(16)15-7-3-4-8-15/h5-6,11,14H,3-4,7-9H2,1-2H3. The van der Waals surface area contributed by atoms with Gasteiger partial charge in [-0.25, -0.2) is 0 Å². The summed E-state index contributed by atoms with van der Waals surface area (Å²) in [4.78, 5) is 13.7. The number of carbonyl (C=O) groups excluding carboxylic acids is 1. The molecule has 0 bridgehead atoms. The second-order valence-electron chi connectivity index (χ2n) is 4.64. The van der Waals surface area contributed by atoms with E-state index in [1.54, 1.807) is 0 Å². The lowest BCUT2D eigenvalue weighted by Crippen LogP contribution is -2.37. The van der Waals surface area contributed by atoms with Crippen LogP contribution in [0.3, 0.4) is 0 Å². The van der Waals surface area contributed by atoms with Gasteiger partial charge in [0.05, 0.1) is 12.6 Å². The van der Waals surface area contributed by atoms with E-state index in [0.717, 1.165) is 37.5 Å². The predicted molar refractivity (Wildman–Crippen MR) is 65.7 cm³/mol. The summed E-state index contributed by atoms with van der Waals surface area (Å²) in [5.41, 5.74) is 0. The summed E-state index contributed by atoms with van der Waals surface area (Å²) in [5.74, 6) is 1.98. The van der Waals surface area contributed by atoms with Gasteiger partial charge in [-0.05, 0) is 38.8 Å². The van der Waals surface area contributed by atoms with Crippen molar-refractivity contribution in [3.63, 3.8) is 0 Å². The summed E-state index contributed by atoms with van der Waals surface area (Å²) in [6.07, 6.45) is 2.28. The molecular weight excluding hydrogens is 216 g/mol. The molecule has 1 N–H and O–H groups in total. The number of furan rings is 1. The number of aryl methyl sites for hydroxylation is 1. The van der Waals surface area contributed by atoms with Crippen LogP contribution in [-0.4, -0.2) is 30.4 Å². The summed E-state index contributed by atoms with van der Waals surface area (Å²) in [7, 11) is 0. The molecule has 0 spiro atoms. The normalized spacial score (nSPS) is 17.4. The Labute approximate surface area is 102 Å². The zero-order chi connectivity index (χ0) is 12.3. The van der Waals surface area contributed by atoms with Crippen LogP contribution < -0.4 is 5.32 Å². The predicted octanol–water partition coefficient (Wildman–Crippen LogP) is 1.86. The minimum atomic E-state index is 0.0789. The molecule has 1 aliphatic heterocycles. The van der Waals surface area contributed by atoms with E-state index in [0.29, 0.717) is 6.54 Å². The van der Waals surface area contributed by atoms with Crippen molar-refractivity contribution in [3.05, 3.63) is 23.7 Å². The molecule has 1 aliphatic rings. The molecule has 0 aliphatic carbocycles. The second kappa shape index (κ2) is 5.36. The summed E-state index contributed by atoms with van der Waals surface area (Å²) >= 11 is 0. The van der Waals surface area contributed by atoms with Crippen molar-refractivity contribution in [2.45, 2.75) is 32.7 Å². The number of hydrogen-bond donors (Lipinski definition) is 1. The highest BCUT2D eigenvalue weighted by molar-refractivity contribution is 5.78. The first-order chi connectivity index (χ1) is 8.16. The third-order valence-corrected chi connectivity index (χ3v) is 3.21. The Morgan fingerprint density at radius 2 is 2.18 bits per heavy atom. The molecule has 1 aromatic rings. The van der Waals surface area contributed by atoms with Crippen LogP contribution in [0.2, 0.25) is 0 Å². The van der Waals surface area contributed by atoms with E-state index in [4.69, 9.17) is 4.42 Å². The highest BCUT2D eigenvalue weighted by Crippen LogP contribution is 2.15. The first-order valence-electron chi connectivity index (χ1n) is 6.24. The summed E-state index contributed by atoms with van der Waals surface area (Å²) in [6.45, 7) is 6.14. The van der Waals surface area contributed by atoms with E-state index in [9.17, 15) is 4.79 Å². The Hall–Kier alpha value is -1.29. The highest BCUT2D eigenvalue weighted by atomic mass is 16.3. The molecule has 0 radical (unpaired) electrons. The second-order valence-corrected chi connectivity index (χ2v) is 4.64. The topological polar surface area (TPSA) is 45.5 Å². The Morgan fingerprint density at radius 3 is 2.76 bits per heavy atom. The molecule has 0 saturated carbocycles. The number of hydrogen-bond acceptors (Lipinski definition) is 3. The van der Waals surface area contributed by atoms with Gasteiger partial charge in [0.15, 0.2) is 0 Å². The van der Waals surface area contributed by atoms with Crippen molar-refractivity contribution in [1.29, 1.82) is 0 Å². The fourth-order valence-electron chi connectivity index (χ4n) is 2.11. The van der Waals surface area contributed by atoms with Crippen molar-refractivity contribution in [1.82, 2.24) is 10.2 Å². The average Bonchev–Trinajstić information content (AvgIpc) is 2.95. The minimum Gasteiger partial charge on any atom is -0.465 e. The number of rotatable bonds is 4. The molecule has 1 amide bonds. The van der Waals surface area contributed by atoms with Crippen molar-refractivity contribution in [2.75, 3.05) is 19.6 Å². The lowest BCUT2D eigenvalue weighted by atomic mass is 10.2. The Bertz CT molecular complexity index is 381. The smallest absolute Gasteiger partial charge is 0.236 e. The van der Waals surface area contributed by atoms with Gasteiger partial charge in [0.25, 0.3) is 0 Å². The molecular formula is C13H20N2O2. The quantitative estimate of drug-likeness (QED) is 0.868. The summed E-state index contributed by atoms with van der Waals surface area (Å²) in [5, 5.41) is 3.20. The van der Waals surface area contributed by atoms with Crippen LogP contribution in [0.5, 0.6) is 0 Å². The number of nitrogens with zero attached hydrogens (tertiary/aromatic N) is 1. The number of carbonyl (C=O) groups is 1. The van der Waals surface area contributed by atoms with E-state index >= 15 is 0 Å². The third kappa shape index (κ3) is 3.09. The first kappa shape index (κ1) is 12.2. The van der Waals surface area contributed by atoms with Crippen molar-refractivity contribution < 1.29 is 9.21 Å². The zero-order valence-electron chi connectivity index (χ0n) is 10.5. The minimum absolute atomic E-state index is 0.0789. The van der Waals surface area contributed by atoms with Crippen LogP contribution in [0.1, 0.15) is 37.3 Å². The van der Waals surface area contributed by atoms with Gasteiger partial charge in [0.1, 0.15) is 11.5 Å². The largest absolute Gasteiger partial charge is 0.465 e. The molecule has 1 saturated heterocycles. The molecule has 4 nitrogen and oxygen atoms in total. The van der Waals surface area contributed by atoms with Gasteiger partial charge in [0, 0.05) is 13.1 Å². The lowest BCUT2D eigenvalue weighted by Gasteiger charge is -2.17. The molecule has 0 aromatic carbocycles. The van der Waals surface area contributed by atoms with Crippen LogP contribution in [0.4, 0.5) is 0 Å². The van der Waals surface area contributed by atoms with E-state index < -0.39 is 0 Å². The molecule has 94 valence electrons. The van der Waals surface area contributed by atoms with Gasteiger partial charge < -0.3 is 9.32 Å². The van der Waals surface area contributed by atoms with Crippen LogP contribution >= 0.6 is 0 Å². The Kier molecular flexibility index (Phi) is 3.84. The molecule has 1 unspecified atom stereocenters. The van der Waals surface area contributed by atoms with Gasteiger partial charge in [-0.15, -0.1) is 0 Å². The van der Waals surface area contributed by atoms with Crippen LogP contribution in [0.25, 0.3) is 0 Å². The molecule has 2 rings (SSSR count). The Balaban J connectivity index is 1.79. The van der Waals surface area contributed by atoms with Gasteiger partial charge >= 0.3 is 0 Å². The average molecular weight is 236 g/mol. The summed E-state index contributed by atoms with van der Waals surface area (Å²) < 4.78 is 5.52. The van der Waals surface area contributed by atoms with Gasteiger partial charge in [-0.2, -0.15) is 0 Å². The van der Waals surface area contributed by atoms with Crippen LogP contribution in [-0.2, 0) is 4.79 Å². The third-order valence-electron chi connectivity index (χ3n) is 3.21. The molecule has 4 heteroatoms. The highest BCUT2D eigenvalue weighted by Gasteiger charge is 2.18. The van der Waals surface area contributed by atoms with Crippen molar-refractivity contribution >= 4 is 5.91 Å². The number of likely N-dealkylation sites (tertiary alicyclic amines) is 1. The maximum Gasteiger partial charge on any atom is 0.236 e. The van der Waals surface area contributed by atoms with E-state index in [1.165, 1.54) is 0 Å². The fraction of sp³-hybridized carbons (Fsp3) is 0.615. The molecule has 2 heterocycles. The van der Waals surface area contributed by atoms with Crippen LogP contribution in [0, 0.1) is 6.92 Å². The van der Waals surface area contributed by atoms with E-state index in [-0.39, 0.29) is 11.9 Å². The maximum atomic E-state index is 11.8. The van der Waals surface area contributed by atoms with Crippen molar-refractivity contribution in [3.8, 4) is 0 Å². The molecule has 1 atom stereocenters. The number of amides is 1. The van der Waals surface area contributed by atoms with Crippen LogP contribution in [0.15, 0.2) is 16.5 Å². The van der Waals surface area contributed by atoms with Gasteiger partial charge in [-0.1, -0.05) is 0 Å². The molecule has 1 aromatic heterocycles. The molecule has 1 fully saturated rings. The van der Waals surface area contributed by atoms with Crippen molar-refractivity contribution in [2.24, 2.45) is 0 Å². The van der Waals surface area contributed by atoms with E-state index in [1.807, 2.05) is 30.9 Å². The zero-order valence-corrected chi connectivity index (χ0v) is 10.5. The lowest BCUT2D eigenvalue weighted by molar-refractivity contribution is -0.129. The Morgan fingerprint density at radius 1 is 1.47 bits per heavy atom. The van der Waals surface area contributed by atoms with Gasteiger partial charge in [0.2, 0.25) is 5.91 Å². The van der Waals surface area contributed by atoms with E-state index in [2.05, 4.69) is 5.32 Å². The SMILES string of the molecule is Cc1ccc(C(C)NCC(=O)N2CCCC2)o1. The first-order valence-corrected chi connectivity index (χ1v) is 6.24. The number of nitrogens with one attached hydrogen (secondary N) is 1. The maximum absolute atomic E-state index is 11.8. The van der Waals surface area contributed by atoms with Gasteiger partial charge in [-0.3, -0.25) is 10.1 Å². The fourth-order valence-corrected chi connectivity index (χ4v) is 2.11.